The Labute approximate surface area is 168 Å². The maximum Gasteiger partial charge on any atom is 0.191 e. The van der Waals surface area contributed by atoms with Crippen LogP contribution in [-0.2, 0) is 16.4 Å². The van der Waals surface area contributed by atoms with Crippen LogP contribution in [0.2, 0.25) is 0 Å². The summed E-state index contributed by atoms with van der Waals surface area (Å²) in [6.45, 7) is 8.85. The predicted octanol–water partition coefficient (Wildman–Crippen LogP) is 2.51. The normalized spacial score (nSPS) is 13.1. The standard InChI is InChI=1S/C17H29N3O3S.HI/c1-6-18-17(20-14(4)7-8-24(5,22)23)19-11-15-9-12(2)16(21)13(3)10-15;/h9-10,14,21H,6-8,11H2,1-5H3,(H2,18,19,20);1H. The molecule has 0 bridgehead atoms. The molecule has 0 spiro atoms. The Morgan fingerprint density at radius 2 is 1.84 bits per heavy atom. The van der Waals surface area contributed by atoms with E-state index in [9.17, 15) is 13.5 Å². The van der Waals surface area contributed by atoms with Gasteiger partial charge in [-0.05, 0) is 50.8 Å². The Balaban J connectivity index is 0.00000576. The summed E-state index contributed by atoms with van der Waals surface area (Å²) < 4.78 is 22.5. The van der Waals surface area contributed by atoms with Crippen LogP contribution in [0.25, 0.3) is 0 Å². The average molecular weight is 483 g/mol. The first-order valence-electron chi connectivity index (χ1n) is 8.14. The van der Waals surface area contributed by atoms with Gasteiger partial charge in [0.05, 0.1) is 12.3 Å². The van der Waals surface area contributed by atoms with Crippen molar-refractivity contribution in [2.75, 3.05) is 18.6 Å². The molecule has 6 nitrogen and oxygen atoms in total. The third-order valence-corrected chi connectivity index (χ3v) is 4.60. The van der Waals surface area contributed by atoms with Gasteiger partial charge in [-0.25, -0.2) is 13.4 Å². The van der Waals surface area contributed by atoms with E-state index in [4.69, 9.17) is 0 Å². The minimum absolute atomic E-state index is 0. The number of phenolic OH excluding ortho intramolecular Hbond substituents is 1. The van der Waals surface area contributed by atoms with Crippen LogP contribution in [-0.4, -0.2) is 44.1 Å². The lowest BCUT2D eigenvalue weighted by Gasteiger charge is -2.17. The third kappa shape index (κ3) is 9.29. The number of nitrogens with one attached hydrogen (secondary N) is 2. The van der Waals surface area contributed by atoms with Gasteiger partial charge in [-0.2, -0.15) is 0 Å². The van der Waals surface area contributed by atoms with E-state index in [-0.39, 0.29) is 35.8 Å². The van der Waals surface area contributed by atoms with Crippen molar-refractivity contribution < 1.29 is 13.5 Å². The molecule has 144 valence electrons. The maximum absolute atomic E-state index is 11.3. The van der Waals surface area contributed by atoms with E-state index in [0.29, 0.717) is 24.7 Å². The second-order valence-electron chi connectivity index (χ2n) is 6.24. The Morgan fingerprint density at radius 3 is 2.32 bits per heavy atom. The Kier molecular flexibility index (Phi) is 10.4. The van der Waals surface area contributed by atoms with Gasteiger partial charge in [0.2, 0.25) is 0 Å². The molecule has 1 aromatic carbocycles. The van der Waals surface area contributed by atoms with Gasteiger partial charge in [-0.3, -0.25) is 0 Å². The van der Waals surface area contributed by atoms with Crippen LogP contribution in [0.4, 0.5) is 0 Å². The second-order valence-corrected chi connectivity index (χ2v) is 8.50. The Bertz CT molecular complexity index is 667. The predicted molar refractivity (Wildman–Crippen MR) is 115 cm³/mol. The number of aromatic hydroxyl groups is 1. The van der Waals surface area contributed by atoms with E-state index < -0.39 is 9.84 Å². The first kappa shape index (κ1) is 24.0. The monoisotopic (exact) mass is 483 g/mol. The third-order valence-electron chi connectivity index (χ3n) is 3.62. The SMILES string of the molecule is CCNC(=NCc1cc(C)c(O)c(C)c1)NC(C)CCS(C)(=O)=O.I. The molecule has 25 heavy (non-hydrogen) atoms. The minimum atomic E-state index is -2.96. The smallest absolute Gasteiger partial charge is 0.191 e. The summed E-state index contributed by atoms with van der Waals surface area (Å²) in [5.74, 6) is 1.13. The molecule has 1 atom stereocenters. The summed E-state index contributed by atoms with van der Waals surface area (Å²) in [6, 6.07) is 3.84. The van der Waals surface area contributed by atoms with Crippen LogP contribution < -0.4 is 10.6 Å². The maximum atomic E-state index is 11.3. The molecule has 1 rings (SSSR count). The van der Waals surface area contributed by atoms with E-state index in [0.717, 1.165) is 23.2 Å². The molecular weight excluding hydrogens is 453 g/mol. The summed E-state index contributed by atoms with van der Waals surface area (Å²) in [5.41, 5.74) is 2.68. The molecule has 0 aromatic heterocycles. The number of sulfone groups is 1. The van der Waals surface area contributed by atoms with Crippen LogP contribution in [0.15, 0.2) is 17.1 Å². The highest BCUT2D eigenvalue weighted by molar-refractivity contribution is 14.0. The van der Waals surface area contributed by atoms with E-state index >= 15 is 0 Å². The highest BCUT2D eigenvalue weighted by Crippen LogP contribution is 2.23. The van der Waals surface area contributed by atoms with Crippen molar-refractivity contribution in [1.29, 1.82) is 0 Å². The first-order valence-corrected chi connectivity index (χ1v) is 10.2. The minimum Gasteiger partial charge on any atom is -0.507 e. The van der Waals surface area contributed by atoms with Gasteiger partial charge in [0.1, 0.15) is 15.6 Å². The molecule has 0 fully saturated rings. The largest absolute Gasteiger partial charge is 0.507 e. The number of hydrogen-bond acceptors (Lipinski definition) is 4. The lowest BCUT2D eigenvalue weighted by molar-refractivity contribution is 0.466. The molecule has 0 radical (unpaired) electrons. The van der Waals surface area contributed by atoms with Gasteiger partial charge < -0.3 is 15.7 Å². The molecule has 8 heteroatoms. The topological polar surface area (TPSA) is 90.8 Å². The lowest BCUT2D eigenvalue weighted by atomic mass is 10.1. The van der Waals surface area contributed by atoms with Crippen molar-refractivity contribution in [3.05, 3.63) is 28.8 Å². The van der Waals surface area contributed by atoms with Crippen LogP contribution >= 0.6 is 24.0 Å². The van der Waals surface area contributed by atoms with Crippen LogP contribution in [0.5, 0.6) is 5.75 Å². The molecule has 0 heterocycles. The van der Waals surface area contributed by atoms with Crippen molar-refractivity contribution in [3.63, 3.8) is 0 Å². The number of guanidine groups is 1. The fraction of sp³-hybridized carbons (Fsp3) is 0.588. The number of hydrogen-bond donors (Lipinski definition) is 3. The quantitative estimate of drug-likeness (QED) is 0.315. The molecule has 0 amide bonds. The number of aliphatic imine (C=N–C) groups is 1. The Hall–Kier alpha value is -1.03. The number of benzene rings is 1. The number of nitrogens with zero attached hydrogens (tertiary/aromatic N) is 1. The van der Waals surface area contributed by atoms with E-state index in [1.807, 2.05) is 39.8 Å². The van der Waals surface area contributed by atoms with Crippen LogP contribution in [0.3, 0.4) is 0 Å². The molecule has 0 aliphatic rings. The van der Waals surface area contributed by atoms with Crippen molar-refractivity contribution in [2.45, 2.75) is 46.7 Å². The van der Waals surface area contributed by atoms with Crippen molar-refractivity contribution in [3.8, 4) is 5.75 Å². The number of halogens is 1. The van der Waals surface area contributed by atoms with E-state index in [2.05, 4.69) is 15.6 Å². The number of rotatable bonds is 7. The average Bonchev–Trinajstić information content (AvgIpc) is 2.47. The highest BCUT2D eigenvalue weighted by Gasteiger charge is 2.10. The fourth-order valence-corrected chi connectivity index (χ4v) is 3.11. The van der Waals surface area contributed by atoms with E-state index in [1.165, 1.54) is 6.26 Å². The van der Waals surface area contributed by atoms with Crippen LogP contribution in [0.1, 0.15) is 37.0 Å². The van der Waals surface area contributed by atoms with Crippen LogP contribution in [0, 0.1) is 13.8 Å². The number of aryl methyl sites for hydroxylation is 2. The van der Waals surface area contributed by atoms with Crippen molar-refractivity contribution in [1.82, 2.24) is 10.6 Å². The molecule has 0 saturated carbocycles. The summed E-state index contributed by atoms with van der Waals surface area (Å²) in [7, 11) is -2.96. The van der Waals surface area contributed by atoms with Gasteiger partial charge >= 0.3 is 0 Å². The van der Waals surface area contributed by atoms with Crippen molar-refractivity contribution in [2.24, 2.45) is 4.99 Å². The first-order chi connectivity index (χ1) is 11.1. The zero-order chi connectivity index (χ0) is 18.3. The lowest BCUT2D eigenvalue weighted by Crippen LogP contribution is -2.42. The molecule has 1 aromatic rings. The molecule has 0 aliphatic carbocycles. The van der Waals surface area contributed by atoms with Crippen molar-refractivity contribution >= 4 is 39.8 Å². The number of phenols is 1. The van der Waals surface area contributed by atoms with Gasteiger partial charge in [-0.1, -0.05) is 12.1 Å². The zero-order valence-electron chi connectivity index (χ0n) is 15.6. The molecule has 0 aliphatic heterocycles. The fourth-order valence-electron chi connectivity index (χ4n) is 2.32. The van der Waals surface area contributed by atoms with Gasteiger partial charge in [-0.15, -0.1) is 24.0 Å². The molecular formula is C17H30IN3O3S. The highest BCUT2D eigenvalue weighted by atomic mass is 127. The van der Waals surface area contributed by atoms with Gasteiger partial charge in [0.15, 0.2) is 5.96 Å². The molecule has 0 saturated heterocycles. The summed E-state index contributed by atoms with van der Waals surface area (Å²) >= 11 is 0. The second kappa shape index (κ2) is 10.8. The summed E-state index contributed by atoms with van der Waals surface area (Å²) in [6.07, 6.45) is 1.77. The van der Waals surface area contributed by atoms with Gasteiger partial charge in [0.25, 0.3) is 0 Å². The Morgan fingerprint density at radius 1 is 1.28 bits per heavy atom. The van der Waals surface area contributed by atoms with Gasteiger partial charge in [0, 0.05) is 18.8 Å². The van der Waals surface area contributed by atoms with E-state index in [1.54, 1.807) is 0 Å². The molecule has 1 unspecified atom stereocenters. The summed E-state index contributed by atoms with van der Waals surface area (Å²) in [5, 5.41) is 16.2. The molecule has 3 N–H and O–H groups in total. The summed E-state index contributed by atoms with van der Waals surface area (Å²) in [4.78, 5) is 4.54. The zero-order valence-corrected chi connectivity index (χ0v) is 18.7.